The van der Waals surface area contributed by atoms with Crippen LogP contribution in [0.5, 0.6) is 0 Å². The number of hydrogen-bond acceptors (Lipinski definition) is 5. The number of nitrogens with zero attached hydrogens (tertiary/aromatic N) is 1. The highest BCUT2D eigenvalue weighted by atomic mass is 32.1. The van der Waals surface area contributed by atoms with E-state index in [2.05, 4.69) is 10.3 Å². The molecule has 1 fully saturated rings. The number of aromatic nitrogens is 1. The second-order valence-electron chi connectivity index (χ2n) is 5.07. The maximum Gasteiger partial charge on any atom is 0.326 e. The molecule has 1 unspecified atom stereocenters. The molecule has 1 atom stereocenters. The number of amides is 1. The van der Waals surface area contributed by atoms with Gasteiger partial charge in [0.2, 0.25) is 0 Å². The molecule has 3 rings (SSSR count). The van der Waals surface area contributed by atoms with Crippen LogP contribution in [0.1, 0.15) is 28.2 Å². The van der Waals surface area contributed by atoms with Crippen molar-refractivity contribution in [2.24, 2.45) is 5.92 Å². The van der Waals surface area contributed by atoms with E-state index in [4.69, 9.17) is 0 Å². The highest BCUT2D eigenvalue weighted by molar-refractivity contribution is 7.17. The largest absolute Gasteiger partial charge is 0.480 e. The van der Waals surface area contributed by atoms with Gasteiger partial charge in [-0.3, -0.25) is 4.79 Å². The van der Waals surface area contributed by atoms with Gasteiger partial charge >= 0.3 is 5.97 Å². The van der Waals surface area contributed by atoms with E-state index in [9.17, 15) is 14.7 Å². The van der Waals surface area contributed by atoms with Gasteiger partial charge in [0.1, 0.15) is 15.9 Å². The standard InChI is InChI=1S/C14H14N2O3S2/c1-7-11(21-13(15-7)9-4-5-20-6-9)12(17)16-10(14(18)19)8-2-3-8/h4-6,8,10H,2-3H2,1H3,(H,16,17)(H,18,19). The fraction of sp³-hybridized carbons (Fsp3) is 0.357. The summed E-state index contributed by atoms with van der Waals surface area (Å²) in [5, 5.41) is 16.5. The maximum atomic E-state index is 12.3. The number of thiophene rings is 1. The van der Waals surface area contributed by atoms with Gasteiger partial charge in [-0.05, 0) is 37.1 Å². The Kier molecular flexibility index (Phi) is 3.77. The van der Waals surface area contributed by atoms with E-state index < -0.39 is 12.0 Å². The fourth-order valence-corrected chi connectivity index (χ4v) is 3.82. The second-order valence-corrected chi connectivity index (χ2v) is 6.85. The van der Waals surface area contributed by atoms with Crippen molar-refractivity contribution in [2.75, 3.05) is 0 Å². The van der Waals surface area contributed by atoms with Gasteiger partial charge in [-0.2, -0.15) is 11.3 Å². The third kappa shape index (κ3) is 2.98. The number of aliphatic carboxylic acids is 1. The lowest BCUT2D eigenvalue weighted by Gasteiger charge is -2.12. The van der Waals surface area contributed by atoms with Crippen LogP contribution in [0.25, 0.3) is 10.6 Å². The minimum absolute atomic E-state index is 0.0658. The molecule has 2 aromatic heterocycles. The molecule has 110 valence electrons. The molecule has 2 N–H and O–H groups in total. The van der Waals surface area contributed by atoms with E-state index >= 15 is 0 Å². The molecule has 1 amide bonds. The molecule has 0 aliphatic heterocycles. The summed E-state index contributed by atoms with van der Waals surface area (Å²) in [7, 11) is 0. The van der Waals surface area contributed by atoms with Gasteiger partial charge in [0.15, 0.2) is 0 Å². The van der Waals surface area contributed by atoms with Crippen LogP contribution in [0.15, 0.2) is 16.8 Å². The molecule has 0 saturated heterocycles. The van der Waals surface area contributed by atoms with E-state index in [0.29, 0.717) is 10.6 Å². The third-order valence-electron chi connectivity index (χ3n) is 3.42. The van der Waals surface area contributed by atoms with Gasteiger partial charge in [-0.25, -0.2) is 9.78 Å². The van der Waals surface area contributed by atoms with Crippen LogP contribution < -0.4 is 5.32 Å². The van der Waals surface area contributed by atoms with Gasteiger partial charge in [0, 0.05) is 10.9 Å². The summed E-state index contributed by atoms with van der Waals surface area (Å²) in [4.78, 5) is 28.4. The number of carbonyl (C=O) groups excluding carboxylic acids is 1. The highest BCUT2D eigenvalue weighted by Gasteiger charge is 2.37. The molecule has 1 aliphatic carbocycles. The molecule has 0 bridgehead atoms. The molecule has 0 spiro atoms. The van der Waals surface area contributed by atoms with Crippen molar-refractivity contribution in [3.8, 4) is 10.6 Å². The molecule has 1 saturated carbocycles. The molecule has 2 aromatic rings. The van der Waals surface area contributed by atoms with E-state index in [1.807, 2.05) is 16.8 Å². The van der Waals surface area contributed by atoms with Crippen molar-refractivity contribution in [3.05, 3.63) is 27.4 Å². The zero-order valence-corrected chi connectivity index (χ0v) is 13.0. The summed E-state index contributed by atoms with van der Waals surface area (Å²) in [5.74, 6) is -1.24. The zero-order valence-electron chi connectivity index (χ0n) is 11.3. The Morgan fingerprint density at radius 2 is 2.24 bits per heavy atom. The lowest BCUT2D eigenvalue weighted by molar-refractivity contribution is -0.139. The van der Waals surface area contributed by atoms with Crippen LogP contribution in [0.2, 0.25) is 0 Å². The van der Waals surface area contributed by atoms with Gasteiger partial charge in [0.05, 0.1) is 5.69 Å². The van der Waals surface area contributed by atoms with Crippen LogP contribution in [0.3, 0.4) is 0 Å². The number of carboxylic acid groups (broad SMARTS) is 1. The van der Waals surface area contributed by atoms with Crippen molar-refractivity contribution in [3.63, 3.8) is 0 Å². The first-order valence-corrected chi connectivity index (χ1v) is 8.36. The van der Waals surface area contributed by atoms with E-state index in [1.54, 1.807) is 18.3 Å². The summed E-state index contributed by atoms with van der Waals surface area (Å²) in [5.41, 5.74) is 1.63. The first-order valence-electron chi connectivity index (χ1n) is 6.60. The molecule has 1 aliphatic rings. The van der Waals surface area contributed by atoms with Gasteiger partial charge < -0.3 is 10.4 Å². The Bertz CT molecular complexity index is 674. The Morgan fingerprint density at radius 1 is 1.48 bits per heavy atom. The number of hydrogen-bond donors (Lipinski definition) is 2. The quantitative estimate of drug-likeness (QED) is 0.887. The topological polar surface area (TPSA) is 79.3 Å². The highest BCUT2D eigenvalue weighted by Crippen LogP contribution is 2.34. The van der Waals surface area contributed by atoms with Crippen LogP contribution in [0.4, 0.5) is 0 Å². The molecule has 2 heterocycles. The van der Waals surface area contributed by atoms with Crippen LogP contribution >= 0.6 is 22.7 Å². The molecule has 0 aromatic carbocycles. The minimum Gasteiger partial charge on any atom is -0.480 e. The summed E-state index contributed by atoms with van der Waals surface area (Å²) < 4.78 is 0. The summed E-state index contributed by atoms with van der Waals surface area (Å²) in [6.45, 7) is 1.77. The van der Waals surface area contributed by atoms with Crippen molar-refractivity contribution >= 4 is 34.6 Å². The average Bonchev–Trinajstić information content (AvgIpc) is 2.97. The molecule has 7 heteroatoms. The zero-order chi connectivity index (χ0) is 15.0. The fourth-order valence-electron chi connectivity index (χ4n) is 2.13. The average molecular weight is 322 g/mol. The van der Waals surface area contributed by atoms with Gasteiger partial charge in [-0.15, -0.1) is 11.3 Å². The summed E-state index contributed by atoms with van der Waals surface area (Å²) >= 11 is 2.87. The van der Waals surface area contributed by atoms with E-state index in [0.717, 1.165) is 23.4 Å². The third-order valence-corrected chi connectivity index (χ3v) is 5.31. The van der Waals surface area contributed by atoms with Crippen molar-refractivity contribution < 1.29 is 14.7 Å². The Balaban J connectivity index is 1.80. The van der Waals surface area contributed by atoms with Crippen LogP contribution in [0, 0.1) is 12.8 Å². The summed E-state index contributed by atoms with van der Waals surface area (Å²) in [6, 6.07) is 1.16. The molecule has 0 radical (unpaired) electrons. The van der Waals surface area contributed by atoms with Crippen molar-refractivity contribution in [1.82, 2.24) is 10.3 Å². The molecule has 21 heavy (non-hydrogen) atoms. The van der Waals surface area contributed by atoms with Gasteiger partial charge in [0.25, 0.3) is 5.91 Å². The summed E-state index contributed by atoms with van der Waals surface area (Å²) in [6.07, 6.45) is 1.72. The predicted octanol–water partition coefficient (Wildman–Crippen LogP) is 2.77. The number of nitrogens with one attached hydrogen (secondary N) is 1. The Hall–Kier alpha value is -1.73. The number of carbonyl (C=O) groups is 2. The number of carboxylic acids is 1. The number of aryl methyl sites for hydroxylation is 1. The van der Waals surface area contributed by atoms with Crippen LogP contribution in [-0.4, -0.2) is 28.0 Å². The van der Waals surface area contributed by atoms with Crippen LogP contribution in [-0.2, 0) is 4.79 Å². The molecular weight excluding hydrogens is 308 g/mol. The van der Waals surface area contributed by atoms with E-state index in [-0.39, 0.29) is 11.8 Å². The Labute approximate surface area is 129 Å². The number of rotatable bonds is 5. The van der Waals surface area contributed by atoms with Crippen molar-refractivity contribution in [2.45, 2.75) is 25.8 Å². The van der Waals surface area contributed by atoms with Gasteiger partial charge in [-0.1, -0.05) is 0 Å². The lowest BCUT2D eigenvalue weighted by atomic mass is 10.2. The first-order chi connectivity index (χ1) is 10.1. The Morgan fingerprint density at radius 3 is 2.81 bits per heavy atom. The second kappa shape index (κ2) is 5.57. The minimum atomic E-state index is -0.967. The monoisotopic (exact) mass is 322 g/mol. The number of thiazole rings is 1. The molecular formula is C14H14N2O3S2. The van der Waals surface area contributed by atoms with Crippen molar-refractivity contribution in [1.29, 1.82) is 0 Å². The lowest BCUT2D eigenvalue weighted by Crippen LogP contribution is -2.42. The maximum absolute atomic E-state index is 12.3. The van der Waals surface area contributed by atoms with E-state index in [1.165, 1.54) is 11.3 Å². The first kappa shape index (κ1) is 14.2. The smallest absolute Gasteiger partial charge is 0.326 e. The normalized spacial score (nSPS) is 15.7. The SMILES string of the molecule is Cc1nc(-c2ccsc2)sc1C(=O)NC(C(=O)O)C1CC1. The predicted molar refractivity (Wildman–Crippen MR) is 81.8 cm³/mol. The molecule has 5 nitrogen and oxygen atoms in total.